The number of rotatable bonds is 12. The van der Waals surface area contributed by atoms with E-state index >= 15 is 0 Å². The summed E-state index contributed by atoms with van der Waals surface area (Å²) in [7, 11) is 1.55. The average molecular weight is 612 g/mol. The van der Waals surface area contributed by atoms with E-state index in [2.05, 4.69) is 0 Å². The van der Waals surface area contributed by atoms with Crippen molar-refractivity contribution in [3.63, 3.8) is 0 Å². The van der Waals surface area contributed by atoms with E-state index < -0.39 is 66.3 Å². The maximum atomic E-state index is 13.1. The fourth-order valence-electron chi connectivity index (χ4n) is 4.11. The quantitative estimate of drug-likeness (QED) is 0.251. The van der Waals surface area contributed by atoms with Gasteiger partial charge in [0.2, 0.25) is 0 Å². The molecule has 14 nitrogen and oxygen atoms in total. The number of amides is 1. The Hall–Kier alpha value is -3.91. The molecule has 240 valence electrons. The highest BCUT2D eigenvalue weighted by Crippen LogP contribution is 2.30. The van der Waals surface area contributed by atoms with Gasteiger partial charge in [-0.3, -0.25) is 19.2 Å². The molecule has 0 unspecified atom stereocenters. The number of methoxy groups -OCH3 is 1. The molecule has 0 N–H and O–H groups in total. The number of nitrogens with zero attached hydrogens (tertiary/aromatic N) is 1. The number of ether oxygens (including phenoxy) is 8. The molecule has 43 heavy (non-hydrogen) atoms. The monoisotopic (exact) mass is 611 g/mol. The van der Waals surface area contributed by atoms with Crippen molar-refractivity contribution in [3.05, 3.63) is 29.8 Å². The summed E-state index contributed by atoms with van der Waals surface area (Å²) in [6, 6.07) is 7.13. The van der Waals surface area contributed by atoms with Gasteiger partial charge in [0.05, 0.1) is 13.7 Å². The summed E-state index contributed by atoms with van der Waals surface area (Å²) in [5.74, 6) is -2.25. The third kappa shape index (κ3) is 12.1. The van der Waals surface area contributed by atoms with E-state index in [0.717, 1.165) is 26.3 Å². The Kier molecular flexibility index (Phi) is 13.2. The van der Waals surface area contributed by atoms with Crippen molar-refractivity contribution in [2.45, 2.75) is 91.3 Å². The zero-order valence-electron chi connectivity index (χ0n) is 25.8. The van der Waals surface area contributed by atoms with Crippen LogP contribution in [-0.2, 0) is 58.9 Å². The molecule has 0 bridgehead atoms. The minimum atomic E-state index is -1.38. The SMILES string of the molecule is COc1ccc(CN(CCO[C@@H]2O[C@H](COC(C)=O)[C@@H](OC(C)=O)[C@H](OC(C)=O)[C@H]2OC(C)=O)C(=O)OC(C)(C)C)cc1. The van der Waals surface area contributed by atoms with Crippen molar-refractivity contribution in [3.8, 4) is 5.75 Å². The van der Waals surface area contributed by atoms with Crippen LogP contribution in [0.15, 0.2) is 24.3 Å². The predicted octanol–water partition coefficient (Wildman–Crippen LogP) is 2.53. The lowest BCUT2D eigenvalue weighted by atomic mass is 9.98. The summed E-state index contributed by atoms with van der Waals surface area (Å²) in [6.45, 7) is 9.42. The standard InChI is InChI=1S/C29H41NO13/c1-17(31)38-16-23-24(39-18(2)32)25(40-19(3)33)26(41-20(4)34)27(42-23)37-14-13-30(28(35)43-29(5,6)7)15-21-9-11-22(36-8)12-10-21/h9-12,23-27H,13-16H2,1-8H3/t23-,24-,25+,26-,27-/m1/s1. The molecule has 1 aromatic carbocycles. The van der Waals surface area contributed by atoms with Gasteiger partial charge in [-0.2, -0.15) is 0 Å². The first kappa shape index (κ1) is 35.3. The second-order valence-corrected chi connectivity index (χ2v) is 10.7. The van der Waals surface area contributed by atoms with Crippen LogP contribution in [0.25, 0.3) is 0 Å². The van der Waals surface area contributed by atoms with E-state index in [-0.39, 0.29) is 26.3 Å². The molecule has 1 amide bonds. The molecular formula is C29H41NO13. The molecule has 5 atom stereocenters. The Morgan fingerprint density at radius 3 is 1.88 bits per heavy atom. The molecule has 2 rings (SSSR count). The van der Waals surface area contributed by atoms with Crippen LogP contribution in [-0.4, -0.2) is 98.0 Å². The average Bonchev–Trinajstić information content (AvgIpc) is 2.88. The zero-order chi connectivity index (χ0) is 32.3. The molecule has 1 aliphatic heterocycles. The highest BCUT2D eigenvalue weighted by Gasteiger charge is 2.52. The Bertz CT molecular complexity index is 1110. The molecule has 1 saturated heterocycles. The molecule has 0 aliphatic carbocycles. The van der Waals surface area contributed by atoms with Gasteiger partial charge < -0.3 is 42.8 Å². The first-order valence-electron chi connectivity index (χ1n) is 13.6. The molecule has 0 saturated carbocycles. The highest BCUT2D eigenvalue weighted by atomic mass is 16.7. The van der Waals surface area contributed by atoms with Crippen molar-refractivity contribution >= 4 is 30.0 Å². The molecule has 0 radical (unpaired) electrons. The lowest BCUT2D eigenvalue weighted by molar-refractivity contribution is -0.308. The summed E-state index contributed by atoms with van der Waals surface area (Å²) in [5, 5.41) is 0. The Morgan fingerprint density at radius 1 is 0.814 bits per heavy atom. The smallest absolute Gasteiger partial charge is 0.410 e. The van der Waals surface area contributed by atoms with Crippen molar-refractivity contribution in [1.82, 2.24) is 4.90 Å². The first-order valence-corrected chi connectivity index (χ1v) is 13.6. The summed E-state index contributed by atoms with van der Waals surface area (Å²) in [4.78, 5) is 62.0. The molecule has 1 aromatic rings. The van der Waals surface area contributed by atoms with Gasteiger partial charge in [0, 0.05) is 40.8 Å². The van der Waals surface area contributed by atoms with Gasteiger partial charge in [0.1, 0.15) is 24.1 Å². The van der Waals surface area contributed by atoms with Crippen LogP contribution in [0.4, 0.5) is 4.79 Å². The molecule has 1 heterocycles. The van der Waals surface area contributed by atoms with Gasteiger partial charge in [-0.25, -0.2) is 4.79 Å². The lowest BCUT2D eigenvalue weighted by Crippen LogP contribution is -2.63. The maximum Gasteiger partial charge on any atom is 0.410 e. The van der Waals surface area contributed by atoms with E-state index in [1.165, 1.54) is 11.8 Å². The number of benzene rings is 1. The second-order valence-electron chi connectivity index (χ2n) is 10.7. The van der Waals surface area contributed by atoms with Gasteiger partial charge >= 0.3 is 30.0 Å². The zero-order valence-corrected chi connectivity index (χ0v) is 25.8. The molecular weight excluding hydrogens is 570 g/mol. The minimum Gasteiger partial charge on any atom is -0.497 e. The third-order valence-corrected chi connectivity index (χ3v) is 5.78. The fourth-order valence-corrected chi connectivity index (χ4v) is 4.11. The normalized spacial score (nSPS) is 21.6. The highest BCUT2D eigenvalue weighted by molar-refractivity contribution is 5.69. The number of carbonyl (C=O) groups excluding carboxylic acids is 5. The number of esters is 4. The van der Waals surface area contributed by atoms with Gasteiger partial charge in [0.25, 0.3) is 0 Å². The Balaban J connectivity index is 2.32. The fraction of sp³-hybridized carbons (Fsp3) is 0.621. The molecule has 14 heteroatoms. The lowest BCUT2D eigenvalue weighted by Gasteiger charge is -2.44. The number of carbonyl (C=O) groups is 5. The van der Waals surface area contributed by atoms with Crippen LogP contribution >= 0.6 is 0 Å². The van der Waals surface area contributed by atoms with Crippen LogP contribution in [0.1, 0.15) is 54.0 Å². The van der Waals surface area contributed by atoms with E-state index in [0.29, 0.717) is 5.75 Å². The molecule has 0 spiro atoms. The molecule has 1 fully saturated rings. The molecule has 0 aromatic heterocycles. The van der Waals surface area contributed by atoms with E-state index in [1.54, 1.807) is 52.1 Å². The van der Waals surface area contributed by atoms with Gasteiger partial charge in [-0.15, -0.1) is 0 Å². The summed E-state index contributed by atoms with van der Waals surface area (Å²) in [5.41, 5.74) is 0.0228. The number of hydrogen-bond acceptors (Lipinski definition) is 13. The van der Waals surface area contributed by atoms with Crippen molar-refractivity contribution in [2.24, 2.45) is 0 Å². The Labute approximate surface area is 250 Å². The number of hydrogen-bond donors (Lipinski definition) is 0. The summed E-state index contributed by atoms with van der Waals surface area (Å²) < 4.78 is 43.9. The first-order chi connectivity index (χ1) is 20.1. The second kappa shape index (κ2) is 16.1. The van der Waals surface area contributed by atoms with Crippen molar-refractivity contribution in [1.29, 1.82) is 0 Å². The van der Waals surface area contributed by atoms with Crippen LogP contribution in [0.5, 0.6) is 5.75 Å². The van der Waals surface area contributed by atoms with E-state index in [9.17, 15) is 24.0 Å². The van der Waals surface area contributed by atoms with Crippen LogP contribution in [0, 0.1) is 0 Å². The molecule has 1 aliphatic rings. The summed E-state index contributed by atoms with van der Waals surface area (Å²) in [6.07, 6.45) is -7.19. The largest absolute Gasteiger partial charge is 0.497 e. The van der Waals surface area contributed by atoms with E-state index in [4.69, 9.17) is 37.9 Å². The van der Waals surface area contributed by atoms with Crippen LogP contribution < -0.4 is 4.74 Å². The van der Waals surface area contributed by atoms with Crippen molar-refractivity contribution < 1.29 is 61.9 Å². The summed E-state index contributed by atoms with van der Waals surface area (Å²) >= 11 is 0. The van der Waals surface area contributed by atoms with Gasteiger partial charge in [-0.05, 0) is 38.5 Å². The third-order valence-electron chi connectivity index (χ3n) is 5.78. The van der Waals surface area contributed by atoms with Gasteiger partial charge in [-0.1, -0.05) is 12.1 Å². The Morgan fingerprint density at radius 2 is 1.37 bits per heavy atom. The maximum absolute atomic E-state index is 13.1. The van der Waals surface area contributed by atoms with E-state index in [1.807, 2.05) is 0 Å². The van der Waals surface area contributed by atoms with Crippen LogP contribution in [0.3, 0.4) is 0 Å². The van der Waals surface area contributed by atoms with Crippen molar-refractivity contribution in [2.75, 3.05) is 26.9 Å². The van der Waals surface area contributed by atoms with Gasteiger partial charge in [0.15, 0.2) is 24.6 Å². The predicted molar refractivity (Wildman–Crippen MR) is 148 cm³/mol. The minimum absolute atomic E-state index is 0.00775. The topological polar surface area (TPSA) is 162 Å². The van der Waals surface area contributed by atoms with Crippen LogP contribution in [0.2, 0.25) is 0 Å².